The van der Waals surface area contributed by atoms with Crippen LogP contribution < -0.4 is 5.73 Å². The van der Waals surface area contributed by atoms with Gasteiger partial charge in [0.1, 0.15) is 5.82 Å². The molecule has 0 radical (unpaired) electrons. The molecule has 1 heterocycles. The first-order chi connectivity index (χ1) is 7.22. The number of aromatic nitrogens is 2. The molecule has 0 aliphatic rings. The molecule has 0 fully saturated rings. The number of rotatable bonds is 6. The molecular weight excluding hydrogens is 190 g/mol. The van der Waals surface area contributed by atoms with E-state index in [2.05, 4.69) is 9.97 Å². The van der Waals surface area contributed by atoms with Crippen LogP contribution in [0, 0.1) is 0 Å². The van der Waals surface area contributed by atoms with Crippen molar-refractivity contribution in [1.29, 1.82) is 0 Å². The Balaban J connectivity index is 2.50. The van der Waals surface area contributed by atoms with Gasteiger partial charge in [-0.25, -0.2) is 9.97 Å². The van der Waals surface area contributed by atoms with Crippen LogP contribution in [0.1, 0.15) is 25.4 Å². The van der Waals surface area contributed by atoms with Crippen molar-refractivity contribution in [2.75, 3.05) is 13.2 Å². The van der Waals surface area contributed by atoms with Gasteiger partial charge in [-0.3, -0.25) is 0 Å². The van der Waals surface area contributed by atoms with Gasteiger partial charge < -0.3 is 10.5 Å². The fraction of sp³-hybridized carbons (Fsp3) is 0.636. The molecule has 0 saturated heterocycles. The van der Waals surface area contributed by atoms with E-state index in [1.165, 1.54) is 0 Å². The maximum atomic E-state index is 5.71. The van der Waals surface area contributed by atoms with Gasteiger partial charge in [-0.05, 0) is 19.9 Å². The predicted molar refractivity (Wildman–Crippen MR) is 59.6 cm³/mol. The molecule has 2 N–H and O–H groups in total. The summed E-state index contributed by atoms with van der Waals surface area (Å²) in [6.07, 6.45) is 3.34. The molecular formula is C11H19N3O. The summed E-state index contributed by atoms with van der Waals surface area (Å²) in [6, 6.07) is 2.05. The van der Waals surface area contributed by atoms with Crippen LogP contribution in [0.15, 0.2) is 12.3 Å². The molecule has 84 valence electrons. The number of ether oxygens (including phenoxy) is 1. The first-order valence-electron chi connectivity index (χ1n) is 5.36. The van der Waals surface area contributed by atoms with Crippen molar-refractivity contribution < 1.29 is 4.74 Å². The molecule has 1 aromatic rings. The normalized spacial score (nSPS) is 12.7. The lowest BCUT2D eigenvalue weighted by Gasteiger charge is -2.06. The number of nitrogens with two attached hydrogens (primary N) is 1. The van der Waals surface area contributed by atoms with Gasteiger partial charge in [-0.2, -0.15) is 0 Å². The van der Waals surface area contributed by atoms with Crippen LogP contribution in [0.5, 0.6) is 0 Å². The monoisotopic (exact) mass is 209 g/mol. The summed E-state index contributed by atoms with van der Waals surface area (Å²) in [5.74, 6) is 0.835. The standard InChI is InChI=1S/C11H19N3O/c1-3-15-7-5-11-13-6-4-10(14-11)8-9(2)12/h4,6,9H,3,5,7-8,12H2,1-2H3. The van der Waals surface area contributed by atoms with Crippen molar-refractivity contribution in [3.63, 3.8) is 0 Å². The Labute approximate surface area is 90.9 Å². The first kappa shape index (κ1) is 12.1. The molecule has 4 nitrogen and oxygen atoms in total. The maximum Gasteiger partial charge on any atom is 0.130 e. The SMILES string of the molecule is CCOCCc1nccc(CC(C)N)n1. The summed E-state index contributed by atoms with van der Waals surface area (Å²) in [5, 5.41) is 0. The second-order valence-corrected chi connectivity index (χ2v) is 3.59. The Morgan fingerprint density at radius 2 is 2.33 bits per heavy atom. The third kappa shape index (κ3) is 4.85. The minimum absolute atomic E-state index is 0.139. The lowest BCUT2D eigenvalue weighted by molar-refractivity contribution is 0.149. The zero-order valence-electron chi connectivity index (χ0n) is 9.44. The van der Waals surface area contributed by atoms with E-state index in [4.69, 9.17) is 10.5 Å². The van der Waals surface area contributed by atoms with E-state index >= 15 is 0 Å². The number of hydrogen-bond acceptors (Lipinski definition) is 4. The average Bonchev–Trinajstić information content (AvgIpc) is 2.18. The van der Waals surface area contributed by atoms with E-state index in [0.717, 1.165) is 31.0 Å². The molecule has 0 bridgehead atoms. The lowest BCUT2D eigenvalue weighted by Crippen LogP contribution is -2.19. The summed E-state index contributed by atoms with van der Waals surface area (Å²) in [5.41, 5.74) is 6.72. The van der Waals surface area contributed by atoms with Crippen molar-refractivity contribution in [2.45, 2.75) is 32.7 Å². The molecule has 1 aromatic heterocycles. The third-order valence-electron chi connectivity index (χ3n) is 1.97. The van der Waals surface area contributed by atoms with Crippen molar-refractivity contribution in [3.8, 4) is 0 Å². The minimum atomic E-state index is 0.139. The van der Waals surface area contributed by atoms with Crippen LogP contribution in [0.4, 0.5) is 0 Å². The Morgan fingerprint density at radius 1 is 1.53 bits per heavy atom. The van der Waals surface area contributed by atoms with Crippen molar-refractivity contribution in [2.24, 2.45) is 5.73 Å². The third-order valence-corrected chi connectivity index (χ3v) is 1.97. The van der Waals surface area contributed by atoms with Gasteiger partial charge in [0.05, 0.1) is 6.61 Å². The second-order valence-electron chi connectivity index (χ2n) is 3.59. The highest BCUT2D eigenvalue weighted by molar-refractivity contribution is 5.04. The molecule has 1 atom stereocenters. The molecule has 1 unspecified atom stereocenters. The van der Waals surface area contributed by atoms with Crippen LogP contribution in [0.2, 0.25) is 0 Å². The molecule has 15 heavy (non-hydrogen) atoms. The molecule has 1 rings (SSSR count). The molecule has 0 amide bonds. The molecule has 0 aliphatic carbocycles. The van der Waals surface area contributed by atoms with Gasteiger partial charge in [-0.1, -0.05) is 0 Å². The van der Waals surface area contributed by atoms with Crippen LogP contribution in [-0.2, 0) is 17.6 Å². The highest BCUT2D eigenvalue weighted by Gasteiger charge is 2.02. The molecule has 0 saturated carbocycles. The van der Waals surface area contributed by atoms with Crippen molar-refractivity contribution in [3.05, 3.63) is 23.8 Å². The average molecular weight is 209 g/mol. The molecule has 0 aliphatic heterocycles. The summed E-state index contributed by atoms with van der Waals surface area (Å²) < 4.78 is 5.25. The van der Waals surface area contributed by atoms with E-state index in [0.29, 0.717) is 6.61 Å². The fourth-order valence-corrected chi connectivity index (χ4v) is 1.31. The Morgan fingerprint density at radius 3 is 3.00 bits per heavy atom. The molecule has 0 spiro atoms. The summed E-state index contributed by atoms with van der Waals surface area (Å²) in [6.45, 7) is 5.37. The van der Waals surface area contributed by atoms with Gasteiger partial charge in [0.25, 0.3) is 0 Å². The van der Waals surface area contributed by atoms with Gasteiger partial charge in [0.15, 0.2) is 0 Å². The predicted octanol–water partition coefficient (Wildman–Crippen LogP) is 0.945. The van der Waals surface area contributed by atoms with Crippen LogP contribution in [-0.4, -0.2) is 29.2 Å². The van der Waals surface area contributed by atoms with E-state index in [1.807, 2.05) is 19.9 Å². The molecule has 4 heteroatoms. The summed E-state index contributed by atoms with van der Waals surface area (Å²) in [4.78, 5) is 8.60. The van der Waals surface area contributed by atoms with Gasteiger partial charge in [0.2, 0.25) is 0 Å². The van der Waals surface area contributed by atoms with E-state index in [-0.39, 0.29) is 6.04 Å². The largest absolute Gasteiger partial charge is 0.381 e. The van der Waals surface area contributed by atoms with Crippen LogP contribution in [0.25, 0.3) is 0 Å². The fourth-order valence-electron chi connectivity index (χ4n) is 1.31. The zero-order valence-corrected chi connectivity index (χ0v) is 9.44. The van der Waals surface area contributed by atoms with Crippen LogP contribution in [0.3, 0.4) is 0 Å². The van der Waals surface area contributed by atoms with Gasteiger partial charge >= 0.3 is 0 Å². The van der Waals surface area contributed by atoms with Crippen molar-refractivity contribution in [1.82, 2.24) is 9.97 Å². The quantitative estimate of drug-likeness (QED) is 0.708. The maximum absolute atomic E-state index is 5.71. The Hall–Kier alpha value is -1.00. The minimum Gasteiger partial charge on any atom is -0.381 e. The lowest BCUT2D eigenvalue weighted by atomic mass is 10.2. The van der Waals surface area contributed by atoms with E-state index in [9.17, 15) is 0 Å². The first-order valence-corrected chi connectivity index (χ1v) is 5.36. The second kappa shape index (κ2) is 6.48. The van der Waals surface area contributed by atoms with Crippen LogP contribution >= 0.6 is 0 Å². The molecule has 0 aromatic carbocycles. The van der Waals surface area contributed by atoms with Gasteiger partial charge in [0, 0.05) is 37.4 Å². The Bertz CT molecular complexity index is 289. The highest BCUT2D eigenvalue weighted by atomic mass is 16.5. The van der Waals surface area contributed by atoms with E-state index in [1.54, 1.807) is 6.20 Å². The number of nitrogens with zero attached hydrogens (tertiary/aromatic N) is 2. The van der Waals surface area contributed by atoms with Crippen molar-refractivity contribution >= 4 is 0 Å². The summed E-state index contributed by atoms with van der Waals surface area (Å²) >= 11 is 0. The smallest absolute Gasteiger partial charge is 0.130 e. The van der Waals surface area contributed by atoms with E-state index < -0.39 is 0 Å². The topological polar surface area (TPSA) is 61.0 Å². The summed E-state index contributed by atoms with van der Waals surface area (Å²) in [7, 11) is 0. The zero-order chi connectivity index (χ0) is 11.1. The number of hydrogen-bond donors (Lipinski definition) is 1. The highest BCUT2D eigenvalue weighted by Crippen LogP contribution is 2.00. The Kier molecular flexibility index (Phi) is 5.21. The van der Waals surface area contributed by atoms with Gasteiger partial charge in [-0.15, -0.1) is 0 Å².